The van der Waals surface area contributed by atoms with Crippen LogP contribution in [0.15, 0.2) is 24.3 Å². The van der Waals surface area contributed by atoms with Gasteiger partial charge in [-0.1, -0.05) is 12.1 Å². The number of likely N-dealkylation sites (tertiary alicyclic amines) is 1. The van der Waals surface area contributed by atoms with Crippen molar-refractivity contribution in [3.8, 4) is 0 Å². The number of carbonyl (C=O) groups excluding carboxylic acids is 1. The first-order valence-electron chi connectivity index (χ1n) is 7.34. The van der Waals surface area contributed by atoms with Crippen LogP contribution in [-0.4, -0.2) is 37.0 Å². The fraction of sp³-hybridized carbons (Fsp3) is 0.562. The van der Waals surface area contributed by atoms with Crippen molar-refractivity contribution < 1.29 is 9.18 Å². The van der Waals surface area contributed by atoms with Gasteiger partial charge in [-0.15, -0.1) is 0 Å². The van der Waals surface area contributed by atoms with Crippen molar-refractivity contribution in [2.45, 2.75) is 32.4 Å². The van der Waals surface area contributed by atoms with Gasteiger partial charge < -0.3 is 11.1 Å². The van der Waals surface area contributed by atoms with Crippen molar-refractivity contribution in [2.75, 3.05) is 20.1 Å². The fourth-order valence-corrected chi connectivity index (χ4v) is 3.26. The summed E-state index contributed by atoms with van der Waals surface area (Å²) >= 11 is 0. The van der Waals surface area contributed by atoms with E-state index in [1.54, 1.807) is 13.1 Å². The van der Waals surface area contributed by atoms with E-state index in [9.17, 15) is 9.18 Å². The third kappa shape index (κ3) is 3.24. The molecular formula is C16H24FN3O. The van der Waals surface area contributed by atoms with Crippen LogP contribution in [0.25, 0.3) is 0 Å². The maximum Gasteiger partial charge on any atom is 0.227 e. The van der Waals surface area contributed by atoms with E-state index in [1.807, 2.05) is 19.9 Å². The molecule has 1 saturated heterocycles. The minimum Gasteiger partial charge on any atom is -0.359 e. The van der Waals surface area contributed by atoms with Crippen molar-refractivity contribution in [1.82, 2.24) is 10.2 Å². The van der Waals surface area contributed by atoms with Gasteiger partial charge in [-0.3, -0.25) is 9.69 Å². The summed E-state index contributed by atoms with van der Waals surface area (Å²) in [6, 6.07) is 6.34. The molecule has 1 aliphatic rings. The second-order valence-electron chi connectivity index (χ2n) is 6.22. The lowest BCUT2D eigenvalue weighted by atomic mass is 9.88. The summed E-state index contributed by atoms with van der Waals surface area (Å²) in [6.45, 7) is 5.31. The lowest BCUT2D eigenvalue weighted by Gasteiger charge is -2.32. The topological polar surface area (TPSA) is 58.4 Å². The van der Waals surface area contributed by atoms with Crippen LogP contribution >= 0.6 is 0 Å². The van der Waals surface area contributed by atoms with Gasteiger partial charge in [0, 0.05) is 25.7 Å². The summed E-state index contributed by atoms with van der Waals surface area (Å²) < 4.78 is 13.5. The molecule has 4 nitrogen and oxygen atoms in total. The number of nitrogens with one attached hydrogen (secondary N) is 1. The van der Waals surface area contributed by atoms with Gasteiger partial charge in [-0.2, -0.15) is 0 Å². The highest BCUT2D eigenvalue weighted by molar-refractivity contribution is 5.82. The molecule has 0 aliphatic carbocycles. The maximum atomic E-state index is 13.5. The minimum atomic E-state index is -0.408. The first-order valence-corrected chi connectivity index (χ1v) is 7.34. The number of hydrogen-bond acceptors (Lipinski definition) is 3. The zero-order chi connectivity index (χ0) is 15.6. The van der Waals surface area contributed by atoms with E-state index in [0.29, 0.717) is 6.54 Å². The normalized spacial score (nSPS) is 25.6. The monoisotopic (exact) mass is 293 g/mol. The first kappa shape index (κ1) is 15.9. The second-order valence-corrected chi connectivity index (χ2v) is 6.22. The number of nitrogens with zero attached hydrogens (tertiary/aromatic N) is 1. The van der Waals surface area contributed by atoms with E-state index in [2.05, 4.69) is 10.2 Å². The number of benzene rings is 1. The highest BCUT2D eigenvalue weighted by atomic mass is 19.1. The van der Waals surface area contributed by atoms with Gasteiger partial charge in [-0.25, -0.2) is 4.39 Å². The molecule has 0 saturated carbocycles. The zero-order valence-electron chi connectivity index (χ0n) is 12.9. The standard InChI is InChI=1S/C16H24FN3O/c1-11(18)14(12-5-4-6-13(17)9-12)20-8-7-16(2,10-20)15(21)19-3/h4-6,9,11,14H,7-8,10,18H2,1-3H3,(H,19,21). The van der Waals surface area contributed by atoms with Crippen LogP contribution < -0.4 is 11.1 Å². The van der Waals surface area contributed by atoms with Gasteiger partial charge in [0.2, 0.25) is 5.91 Å². The Morgan fingerprint density at radius 1 is 1.52 bits per heavy atom. The molecule has 0 radical (unpaired) electrons. The van der Waals surface area contributed by atoms with Gasteiger partial charge in [0.05, 0.1) is 5.41 Å². The lowest BCUT2D eigenvalue weighted by molar-refractivity contribution is -0.129. The molecule has 21 heavy (non-hydrogen) atoms. The maximum absolute atomic E-state index is 13.5. The number of nitrogens with two attached hydrogens (primary N) is 1. The van der Waals surface area contributed by atoms with E-state index < -0.39 is 5.41 Å². The summed E-state index contributed by atoms with van der Waals surface area (Å²) in [4.78, 5) is 14.2. The Bertz CT molecular complexity index is 520. The molecule has 3 unspecified atom stereocenters. The Hall–Kier alpha value is -1.46. The number of carbonyl (C=O) groups is 1. The highest BCUT2D eigenvalue weighted by Gasteiger charge is 2.42. The van der Waals surface area contributed by atoms with Crippen LogP contribution in [0.1, 0.15) is 31.9 Å². The Morgan fingerprint density at radius 2 is 2.24 bits per heavy atom. The number of rotatable bonds is 4. The molecule has 0 bridgehead atoms. The molecule has 1 aliphatic heterocycles. The summed E-state index contributed by atoms with van der Waals surface area (Å²) in [5, 5.41) is 2.73. The Kier molecular flexibility index (Phi) is 4.64. The van der Waals surface area contributed by atoms with Gasteiger partial charge in [0.1, 0.15) is 5.82 Å². The molecule has 5 heteroatoms. The zero-order valence-corrected chi connectivity index (χ0v) is 12.9. The third-order valence-electron chi connectivity index (χ3n) is 4.36. The molecule has 2 rings (SSSR count). The lowest BCUT2D eigenvalue weighted by Crippen LogP contribution is -2.42. The van der Waals surface area contributed by atoms with E-state index in [1.165, 1.54) is 12.1 Å². The van der Waals surface area contributed by atoms with Gasteiger partial charge in [0.15, 0.2) is 0 Å². The average molecular weight is 293 g/mol. The van der Waals surface area contributed by atoms with E-state index in [0.717, 1.165) is 18.5 Å². The van der Waals surface area contributed by atoms with Crippen LogP contribution in [0, 0.1) is 11.2 Å². The highest BCUT2D eigenvalue weighted by Crippen LogP contribution is 2.36. The number of amides is 1. The molecule has 3 atom stereocenters. The van der Waals surface area contributed by atoms with E-state index in [4.69, 9.17) is 5.73 Å². The predicted octanol–water partition coefficient (Wildman–Crippen LogP) is 1.67. The summed E-state index contributed by atoms with van der Waals surface area (Å²) in [5.41, 5.74) is 6.59. The predicted molar refractivity (Wildman–Crippen MR) is 81.2 cm³/mol. The fourth-order valence-electron chi connectivity index (χ4n) is 3.26. The largest absolute Gasteiger partial charge is 0.359 e. The average Bonchev–Trinajstić information content (AvgIpc) is 2.81. The van der Waals surface area contributed by atoms with Crippen LogP contribution in [0.3, 0.4) is 0 Å². The summed E-state index contributed by atoms with van der Waals surface area (Å²) in [6.07, 6.45) is 0.783. The SMILES string of the molecule is CNC(=O)C1(C)CCN(C(c2cccc(F)c2)C(C)N)C1. The van der Waals surface area contributed by atoms with Crippen molar-refractivity contribution in [3.05, 3.63) is 35.6 Å². The smallest absolute Gasteiger partial charge is 0.227 e. The van der Waals surface area contributed by atoms with Gasteiger partial charge in [-0.05, 0) is 44.5 Å². The Balaban J connectivity index is 2.23. The number of hydrogen-bond donors (Lipinski definition) is 2. The molecule has 0 spiro atoms. The molecule has 0 aromatic heterocycles. The Labute approximate surface area is 125 Å². The van der Waals surface area contributed by atoms with Crippen molar-refractivity contribution >= 4 is 5.91 Å². The summed E-state index contributed by atoms with van der Waals surface area (Å²) in [5.74, 6) is -0.209. The molecule has 1 amide bonds. The van der Waals surface area contributed by atoms with Crippen LogP contribution in [0.4, 0.5) is 4.39 Å². The molecule has 1 fully saturated rings. The molecule has 116 valence electrons. The molecular weight excluding hydrogens is 269 g/mol. The van der Waals surface area contributed by atoms with Gasteiger partial charge >= 0.3 is 0 Å². The second kappa shape index (κ2) is 6.12. The van der Waals surface area contributed by atoms with E-state index >= 15 is 0 Å². The number of halogens is 1. The van der Waals surface area contributed by atoms with Gasteiger partial charge in [0.25, 0.3) is 0 Å². The summed E-state index contributed by atoms with van der Waals surface area (Å²) in [7, 11) is 1.66. The minimum absolute atomic E-state index is 0.0488. The van der Waals surface area contributed by atoms with Crippen molar-refractivity contribution in [2.24, 2.45) is 11.1 Å². The molecule has 1 aromatic rings. The van der Waals surface area contributed by atoms with Crippen LogP contribution in [0.2, 0.25) is 0 Å². The molecule has 1 heterocycles. The molecule has 1 aromatic carbocycles. The molecule has 3 N–H and O–H groups in total. The van der Waals surface area contributed by atoms with Crippen LogP contribution in [-0.2, 0) is 4.79 Å². The third-order valence-corrected chi connectivity index (χ3v) is 4.36. The van der Waals surface area contributed by atoms with Crippen molar-refractivity contribution in [3.63, 3.8) is 0 Å². The van der Waals surface area contributed by atoms with Crippen molar-refractivity contribution in [1.29, 1.82) is 0 Å². The Morgan fingerprint density at radius 3 is 2.81 bits per heavy atom. The van der Waals surface area contributed by atoms with Crippen LogP contribution in [0.5, 0.6) is 0 Å². The van der Waals surface area contributed by atoms with E-state index in [-0.39, 0.29) is 23.8 Å². The quantitative estimate of drug-likeness (QED) is 0.888. The first-order chi connectivity index (χ1) is 9.87.